The molecule has 4 rings (SSSR count). The number of aromatic nitrogens is 2. The molecular weight excluding hydrogens is 430 g/mol. The maximum Gasteiger partial charge on any atom is 0.387 e. The first kappa shape index (κ1) is 22.7. The molecule has 0 radical (unpaired) electrons. The van der Waals surface area contributed by atoms with Crippen LogP contribution in [0.5, 0.6) is 5.75 Å². The van der Waals surface area contributed by atoms with Crippen LogP contribution in [0.25, 0.3) is 5.69 Å². The van der Waals surface area contributed by atoms with Gasteiger partial charge in [-0.2, -0.15) is 13.9 Å². The minimum Gasteiger partial charge on any atom is -0.435 e. The minimum atomic E-state index is -2.88. The van der Waals surface area contributed by atoms with E-state index in [1.54, 1.807) is 18.3 Å². The highest BCUT2D eigenvalue weighted by molar-refractivity contribution is 6.04. The number of anilines is 1. The first-order valence-corrected chi connectivity index (χ1v) is 9.42. The SMILES string of the molecule is Cl.O=C(Nc1ccc([C@H]2CNCCO2)cc1)c1cnn(-c2ccc(OC(F)F)cc2)c1. The Labute approximate surface area is 183 Å². The second kappa shape index (κ2) is 10.3. The van der Waals surface area contributed by atoms with E-state index in [1.165, 1.54) is 23.0 Å². The first-order valence-electron chi connectivity index (χ1n) is 9.42. The number of alkyl halides is 2. The number of nitrogens with one attached hydrogen (secondary N) is 2. The Morgan fingerprint density at radius 1 is 1.19 bits per heavy atom. The maximum absolute atomic E-state index is 12.5. The monoisotopic (exact) mass is 450 g/mol. The third-order valence-electron chi connectivity index (χ3n) is 4.64. The van der Waals surface area contributed by atoms with E-state index in [4.69, 9.17) is 4.74 Å². The van der Waals surface area contributed by atoms with E-state index in [0.29, 0.717) is 23.5 Å². The molecule has 10 heteroatoms. The summed E-state index contributed by atoms with van der Waals surface area (Å²) in [6.07, 6.45) is 3.02. The number of hydrogen-bond donors (Lipinski definition) is 2. The summed E-state index contributed by atoms with van der Waals surface area (Å²) in [4.78, 5) is 12.5. The normalized spacial score (nSPS) is 15.9. The lowest BCUT2D eigenvalue weighted by atomic mass is 10.1. The fraction of sp³-hybridized carbons (Fsp3) is 0.238. The van der Waals surface area contributed by atoms with Gasteiger partial charge in [-0.1, -0.05) is 12.1 Å². The molecule has 1 aliphatic rings. The molecule has 7 nitrogen and oxygen atoms in total. The molecule has 31 heavy (non-hydrogen) atoms. The van der Waals surface area contributed by atoms with Crippen molar-refractivity contribution in [2.24, 2.45) is 0 Å². The summed E-state index contributed by atoms with van der Waals surface area (Å²) in [5.41, 5.74) is 2.69. The summed E-state index contributed by atoms with van der Waals surface area (Å²) < 4.78 is 36.0. The van der Waals surface area contributed by atoms with Crippen LogP contribution in [-0.4, -0.2) is 42.0 Å². The zero-order valence-corrected chi connectivity index (χ0v) is 17.1. The molecule has 0 aliphatic carbocycles. The van der Waals surface area contributed by atoms with Gasteiger partial charge in [0.1, 0.15) is 5.75 Å². The van der Waals surface area contributed by atoms with Crippen molar-refractivity contribution in [2.45, 2.75) is 12.7 Å². The van der Waals surface area contributed by atoms with Gasteiger partial charge in [-0.3, -0.25) is 4.79 Å². The fourth-order valence-electron chi connectivity index (χ4n) is 3.13. The van der Waals surface area contributed by atoms with Gasteiger partial charge in [0, 0.05) is 25.0 Å². The highest BCUT2D eigenvalue weighted by Gasteiger charge is 2.16. The van der Waals surface area contributed by atoms with Crippen molar-refractivity contribution < 1.29 is 23.0 Å². The molecule has 0 saturated carbocycles. The second-order valence-electron chi connectivity index (χ2n) is 6.69. The smallest absolute Gasteiger partial charge is 0.387 e. The van der Waals surface area contributed by atoms with E-state index in [9.17, 15) is 13.6 Å². The lowest BCUT2D eigenvalue weighted by molar-refractivity contribution is -0.0498. The number of benzene rings is 2. The molecule has 1 atom stereocenters. The van der Waals surface area contributed by atoms with E-state index in [0.717, 1.165) is 18.7 Å². The van der Waals surface area contributed by atoms with Gasteiger partial charge in [0.05, 0.1) is 30.2 Å². The summed E-state index contributed by atoms with van der Waals surface area (Å²) in [7, 11) is 0. The van der Waals surface area contributed by atoms with E-state index < -0.39 is 6.61 Å². The van der Waals surface area contributed by atoms with Crippen molar-refractivity contribution in [1.82, 2.24) is 15.1 Å². The molecule has 1 aliphatic heterocycles. The number of amides is 1. The zero-order chi connectivity index (χ0) is 20.9. The number of ether oxygens (including phenoxy) is 2. The van der Waals surface area contributed by atoms with E-state index in [-0.39, 0.29) is 30.2 Å². The van der Waals surface area contributed by atoms with Gasteiger partial charge in [0.25, 0.3) is 5.91 Å². The molecule has 2 heterocycles. The number of nitrogens with zero attached hydrogens (tertiary/aromatic N) is 2. The molecule has 164 valence electrons. The number of carbonyl (C=O) groups is 1. The molecule has 1 amide bonds. The van der Waals surface area contributed by atoms with Gasteiger partial charge in [-0.25, -0.2) is 4.68 Å². The van der Waals surface area contributed by atoms with Gasteiger partial charge in [-0.05, 0) is 42.0 Å². The molecule has 0 unspecified atom stereocenters. The van der Waals surface area contributed by atoms with E-state index in [2.05, 4.69) is 20.5 Å². The Morgan fingerprint density at radius 3 is 2.58 bits per heavy atom. The van der Waals surface area contributed by atoms with E-state index >= 15 is 0 Å². The quantitative estimate of drug-likeness (QED) is 0.597. The molecule has 2 N–H and O–H groups in total. The summed E-state index contributed by atoms with van der Waals surface area (Å²) >= 11 is 0. The van der Waals surface area contributed by atoms with Gasteiger partial charge < -0.3 is 20.1 Å². The molecule has 1 aromatic heterocycles. The standard InChI is InChI=1S/C21H20F2N4O3.ClH/c22-21(23)30-18-7-5-17(6-8-18)27-13-15(11-25-27)20(28)26-16-3-1-14(2-4-16)19-12-24-9-10-29-19;/h1-8,11,13,19,21,24H,9-10,12H2,(H,26,28);1H/t19-;/m1./s1. The first-order chi connectivity index (χ1) is 14.6. The largest absolute Gasteiger partial charge is 0.435 e. The topological polar surface area (TPSA) is 77.4 Å². The second-order valence-corrected chi connectivity index (χ2v) is 6.69. The van der Waals surface area contributed by atoms with Crippen LogP contribution >= 0.6 is 12.4 Å². The summed E-state index contributed by atoms with van der Waals surface area (Å²) in [6.45, 7) is -0.585. The maximum atomic E-state index is 12.5. The molecule has 0 spiro atoms. The predicted octanol–water partition coefficient (Wildman–Crippen LogP) is 3.81. The Balaban J connectivity index is 0.00000272. The van der Waals surface area contributed by atoms with Crippen molar-refractivity contribution in [3.8, 4) is 11.4 Å². The highest BCUT2D eigenvalue weighted by atomic mass is 35.5. The van der Waals surface area contributed by atoms with Crippen LogP contribution in [0.15, 0.2) is 60.9 Å². The van der Waals surface area contributed by atoms with E-state index in [1.807, 2.05) is 24.3 Å². The predicted molar refractivity (Wildman–Crippen MR) is 113 cm³/mol. The summed E-state index contributed by atoms with van der Waals surface area (Å²) in [6, 6.07) is 13.5. The molecule has 3 aromatic rings. The third kappa shape index (κ3) is 5.78. The number of hydrogen-bond acceptors (Lipinski definition) is 5. The van der Waals surface area contributed by atoms with Gasteiger partial charge >= 0.3 is 6.61 Å². The van der Waals surface area contributed by atoms with Crippen molar-refractivity contribution >= 4 is 24.0 Å². The third-order valence-corrected chi connectivity index (χ3v) is 4.64. The molecule has 1 saturated heterocycles. The van der Waals surface area contributed by atoms with Crippen LogP contribution in [0.1, 0.15) is 22.0 Å². The number of morpholine rings is 1. The summed E-state index contributed by atoms with van der Waals surface area (Å²) in [5, 5.41) is 10.3. The average molecular weight is 451 g/mol. The van der Waals surface area contributed by atoms with Crippen molar-refractivity contribution in [1.29, 1.82) is 0 Å². The van der Waals surface area contributed by atoms with Crippen molar-refractivity contribution in [3.63, 3.8) is 0 Å². The zero-order valence-electron chi connectivity index (χ0n) is 16.3. The van der Waals surface area contributed by atoms with Gasteiger partial charge in [0.15, 0.2) is 0 Å². The lowest BCUT2D eigenvalue weighted by Crippen LogP contribution is -2.33. The minimum absolute atomic E-state index is 0. The highest BCUT2D eigenvalue weighted by Crippen LogP contribution is 2.21. The van der Waals surface area contributed by atoms with Gasteiger partial charge in [-0.15, -0.1) is 12.4 Å². The Bertz CT molecular complexity index is 991. The molecule has 1 fully saturated rings. The number of carbonyl (C=O) groups excluding carboxylic acids is 1. The molecular formula is C21H21ClF2N4O3. The van der Waals surface area contributed by atoms with Crippen molar-refractivity contribution in [3.05, 3.63) is 72.1 Å². The Morgan fingerprint density at radius 2 is 1.94 bits per heavy atom. The van der Waals surface area contributed by atoms with Crippen LogP contribution in [0.3, 0.4) is 0 Å². The summed E-state index contributed by atoms with van der Waals surface area (Å²) in [5.74, 6) is -0.251. The average Bonchev–Trinajstić information content (AvgIpc) is 3.25. The number of rotatable bonds is 6. The number of halogens is 3. The van der Waals surface area contributed by atoms with Crippen LogP contribution in [-0.2, 0) is 4.74 Å². The van der Waals surface area contributed by atoms with Crippen molar-refractivity contribution in [2.75, 3.05) is 25.0 Å². The van der Waals surface area contributed by atoms with Crippen LogP contribution in [0.2, 0.25) is 0 Å². The fourth-order valence-corrected chi connectivity index (χ4v) is 3.13. The molecule has 0 bridgehead atoms. The van der Waals surface area contributed by atoms with Crippen LogP contribution < -0.4 is 15.4 Å². The van der Waals surface area contributed by atoms with Crippen LogP contribution in [0.4, 0.5) is 14.5 Å². The Hall–Kier alpha value is -3.01. The van der Waals surface area contributed by atoms with Gasteiger partial charge in [0.2, 0.25) is 0 Å². The molecule has 2 aromatic carbocycles. The van der Waals surface area contributed by atoms with Crippen LogP contribution in [0, 0.1) is 0 Å². The lowest BCUT2D eigenvalue weighted by Gasteiger charge is -2.24. The Kier molecular flexibility index (Phi) is 7.56.